The fourth-order valence-corrected chi connectivity index (χ4v) is 2.64. The van der Waals surface area contributed by atoms with E-state index in [1.165, 1.54) is 14.2 Å². The lowest BCUT2D eigenvalue weighted by molar-refractivity contribution is 0.166. The van der Waals surface area contributed by atoms with E-state index in [-0.39, 0.29) is 17.2 Å². The number of halogens is 1. The van der Waals surface area contributed by atoms with Gasteiger partial charge in [0.1, 0.15) is 0 Å². The second kappa shape index (κ2) is 7.04. The van der Waals surface area contributed by atoms with Crippen LogP contribution in [0.3, 0.4) is 0 Å². The number of aliphatic imine (C=N–C) groups is 1. The average Bonchev–Trinajstić information content (AvgIpc) is 2.62. The van der Waals surface area contributed by atoms with Crippen LogP contribution in [0.1, 0.15) is 11.1 Å². The molecule has 3 N–H and O–H groups in total. The smallest absolute Gasteiger partial charge is 0.223 e. The van der Waals surface area contributed by atoms with Gasteiger partial charge in [-0.1, -0.05) is 23.7 Å². The third kappa shape index (κ3) is 3.55. The Labute approximate surface area is 150 Å². The normalized spacial score (nSPS) is 16.6. The zero-order valence-corrected chi connectivity index (χ0v) is 14.4. The van der Waals surface area contributed by atoms with Gasteiger partial charge < -0.3 is 25.0 Å². The van der Waals surface area contributed by atoms with Gasteiger partial charge in [-0.15, -0.1) is 0 Å². The number of rotatable bonds is 4. The zero-order chi connectivity index (χ0) is 18.0. The minimum absolute atomic E-state index is 0.0919. The zero-order valence-electron chi connectivity index (χ0n) is 13.7. The van der Waals surface area contributed by atoms with Crippen LogP contribution in [-0.2, 0) is 0 Å². The Kier molecular flexibility index (Phi) is 4.83. The summed E-state index contributed by atoms with van der Waals surface area (Å²) in [6, 6.07) is 10.5. The molecule has 1 heterocycles. The van der Waals surface area contributed by atoms with E-state index in [0.717, 1.165) is 5.56 Å². The van der Waals surface area contributed by atoms with Crippen LogP contribution < -0.4 is 14.8 Å². The lowest BCUT2D eigenvalue weighted by atomic mass is 10.0. The first-order valence-electron chi connectivity index (χ1n) is 7.47. The highest BCUT2D eigenvalue weighted by Gasteiger charge is 2.19. The summed E-state index contributed by atoms with van der Waals surface area (Å²) < 4.78 is 10.3. The molecule has 0 bridgehead atoms. The summed E-state index contributed by atoms with van der Waals surface area (Å²) in [5.41, 5.74) is 2.71. The SMILES string of the molecule is COc1cc(C2=NC(O)NC(c3ccc(Cl)cc3)=C2)cc(OC)c1O. The first-order chi connectivity index (χ1) is 12.0. The molecule has 1 aliphatic heterocycles. The summed E-state index contributed by atoms with van der Waals surface area (Å²) in [5, 5.41) is 23.6. The summed E-state index contributed by atoms with van der Waals surface area (Å²) in [6.45, 7) is 0. The van der Waals surface area contributed by atoms with E-state index >= 15 is 0 Å². The van der Waals surface area contributed by atoms with Crippen LogP contribution in [0.15, 0.2) is 47.5 Å². The first kappa shape index (κ1) is 17.1. The molecule has 1 atom stereocenters. The molecular formula is C18H17ClN2O4. The lowest BCUT2D eigenvalue weighted by Gasteiger charge is -2.21. The number of aliphatic hydroxyl groups is 1. The second-order valence-electron chi connectivity index (χ2n) is 5.33. The predicted octanol–water partition coefficient (Wildman–Crippen LogP) is 2.77. The van der Waals surface area contributed by atoms with Crippen molar-refractivity contribution in [3.63, 3.8) is 0 Å². The topological polar surface area (TPSA) is 83.3 Å². The number of hydrogen-bond acceptors (Lipinski definition) is 6. The summed E-state index contributed by atoms with van der Waals surface area (Å²) in [4.78, 5) is 4.19. The van der Waals surface area contributed by atoms with Crippen molar-refractivity contribution in [1.82, 2.24) is 5.32 Å². The molecule has 1 unspecified atom stereocenters. The van der Waals surface area contributed by atoms with E-state index < -0.39 is 6.35 Å². The number of phenols is 1. The van der Waals surface area contributed by atoms with Crippen molar-refractivity contribution in [2.75, 3.05) is 14.2 Å². The minimum Gasteiger partial charge on any atom is -0.502 e. The molecule has 130 valence electrons. The fraction of sp³-hybridized carbons (Fsp3) is 0.167. The summed E-state index contributed by atoms with van der Waals surface area (Å²) in [7, 11) is 2.90. The number of benzene rings is 2. The van der Waals surface area contributed by atoms with Crippen molar-refractivity contribution in [2.24, 2.45) is 4.99 Å². The van der Waals surface area contributed by atoms with Gasteiger partial charge in [-0.05, 0) is 35.9 Å². The van der Waals surface area contributed by atoms with Crippen molar-refractivity contribution >= 4 is 23.0 Å². The summed E-state index contributed by atoms with van der Waals surface area (Å²) in [6.07, 6.45) is 0.692. The van der Waals surface area contributed by atoms with Crippen molar-refractivity contribution in [3.05, 3.63) is 58.6 Å². The molecule has 25 heavy (non-hydrogen) atoms. The summed E-state index contributed by atoms with van der Waals surface area (Å²) in [5.74, 6) is 0.420. The van der Waals surface area contributed by atoms with E-state index in [1.807, 2.05) is 12.1 Å². The minimum atomic E-state index is -1.10. The van der Waals surface area contributed by atoms with Crippen LogP contribution in [0.4, 0.5) is 0 Å². The average molecular weight is 361 g/mol. The molecule has 0 saturated carbocycles. The van der Waals surface area contributed by atoms with E-state index in [1.54, 1.807) is 30.3 Å². The number of methoxy groups -OCH3 is 2. The first-order valence-corrected chi connectivity index (χ1v) is 7.85. The Morgan fingerprint density at radius 1 is 1.04 bits per heavy atom. The molecule has 3 rings (SSSR count). The Morgan fingerprint density at radius 3 is 2.20 bits per heavy atom. The van der Waals surface area contributed by atoms with Gasteiger partial charge in [-0.2, -0.15) is 0 Å². The number of nitrogens with zero attached hydrogens (tertiary/aromatic N) is 1. The van der Waals surface area contributed by atoms with Gasteiger partial charge in [0.2, 0.25) is 12.1 Å². The van der Waals surface area contributed by atoms with Gasteiger partial charge in [0, 0.05) is 16.3 Å². The van der Waals surface area contributed by atoms with E-state index in [2.05, 4.69) is 10.3 Å². The molecule has 0 saturated heterocycles. The van der Waals surface area contributed by atoms with Crippen molar-refractivity contribution in [3.8, 4) is 17.2 Å². The molecule has 0 amide bonds. The van der Waals surface area contributed by atoms with Gasteiger partial charge in [-0.25, -0.2) is 4.99 Å². The molecule has 0 aliphatic carbocycles. The largest absolute Gasteiger partial charge is 0.502 e. The number of hydrogen-bond donors (Lipinski definition) is 3. The van der Waals surface area contributed by atoms with Crippen LogP contribution in [-0.4, -0.2) is 36.5 Å². The third-order valence-corrected chi connectivity index (χ3v) is 4.01. The number of nitrogens with one attached hydrogen (secondary N) is 1. The van der Waals surface area contributed by atoms with E-state index in [4.69, 9.17) is 21.1 Å². The highest BCUT2D eigenvalue weighted by molar-refractivity contribution is 6.30. The number of ether oxygens (including phenoxy) is 2. The third-order valence-electron chi connectivity index (χ3n) is 3.76. The van der Waals surface area contributed by atoms with E-state index in [9.17, 15) is 10.2 Å². The van der Waals surface area contributed by atoms with Gasteiger partial charge in [0.25, 0.3) is 0 Å². The van der Waals surface area contributed by atoms with Gasteiger partial charge in [-0.3, -0.25) is 0 Å². The van der Waals surface area contributed by atoms with Crippen LogP contribution in [0.25, 0.3) is 5.70 Å². The maximum absolute atomic E-state index is 10.1. The molecule has 2 aromatic rings. The van der Waals surface area contributed by atoms with Crippen LogP contribution >= 0.6 is 11.6 Å². The molecule has 1 aliphatic rings. The fourth-order valence-electron chi connectivity index (χ4n) is 2.51. The molecule has 7 heteroatoms. The molecule has 0 spiro atoms. The van der Waals surface area contributed by atoms with Crippen LogP contribution in [0, 0.1) is 0 Å². The highest BCUT2D eigenvalue weighted by Crippen LogP contribution is 2.37. The molecule has 6 nitrogen and oxygen atoms in total. The predicted molar refractivity (Wildman–Crippen MR) is 96.3 cm³/mol. The van der Waals surface area contributed by atoms with Crippen molar-refractivity contribution < 1.29 is 19.7 Å². The van der Waals surface area contributed by atoms with Crippen molar-refractivity contribution in [1.29, 1.82) is 0 Å². The molecule has 2 aromatic carbocycles. The van der Waals surface area contributed by atoms with Gasteiger partial charge >= 0.3 is 0 Å². The highest BCUT2D eigenvalue weighted by atomic mass is 35.5. The molecule has 0 aromatic heterocycles. The molecule has 0 fully saturated rings. The van der Waals surface area contributed by atoms with Crippen LogP contribution in [0.2, 0.25) is 5.02 Å². The Morgan fingerprint density at radius 2 is 1.64 bits per heavy atom. The quantitative estimate of drug-likeness (QED) is 0.781. The van der Waals surface area contributed by atoms with Gasteiger partial charge in [0.05, 0.1) is 19.9 Å². The maximum Gasteiger partial charge on any atom is 0.223 e. The number of aliphatic hydroxyl groups excluding tert-OH is 1. The molecular weight excluding hydrogens is 344 g/mol. The van der Waals surface area contributed by atoms with Crippen LogP contribution in [0.5, 0.6) is 17.2 Å². The summed E-state index contributed by atoms with van der Waals surface area (Å²) >= 11 is 5.92. The number of allylic oxidation sites excluding steroid dienone is 1. The number of phenolic OH excluding ortho intramolecular Hbond substituents is 1. The standard InChI is InChI=1S/C18H17ClN2O4/c1-24-15-7-11(8-16(25-2)17(15)22)14-9-13(20-18(23)21-14)10-3-5-12(19)6-4-10/h3-9,18,20,22-23H,1-2H3. The lowest BCUT2D eigenvalue weighted by Crippen LogP contribution is -2.30. The monoisotopic (exact) mass is 360 g/mol. The maximum atomic E-state index is 10.1. The van der Waals surface area contributed by atoms with E-state index in [0.29, 0.717) is 22.0 Å². The number of aromatic hydroxyl groups is 1. The second-order valence-corrected chi connectivity index (χ2v) is 5.76. The Balaban J connectivity index is 2.05. The van der Waals surface area contributed by atoms with Gasteiger partial charge in [0.15, 0.2) is 11.5 Å². The molecule has 0 radical (unpaired) electrons. The Bertz CT molecular complexity index is 822. The van der Waals surface area contributed by atoms with Crippen molar-refractivity contribution in [2.45, 2.75) is 6.35 Å². The Hall–Kier alpha value is -2.70.